The summed E-state index contributed by atoms with van der Waals surface area (Å²) in [6, 6.07) is 4.30. The minimum atomic E-state index is -0.536. The van der Waals surface area contributed by atoms with E-state index in [9.17, 15) is 4.79 Å². The number of nitrogens with one attached hydrogen (secondary N) is 1. The molecule has 1 aromatic heterocycles. The van der Waals surface area contributed by atoms with Crippen LogP contribution < -0.4 is 11.1 Å². The molecular formula is C15H25Cl2N3OS. The van der Waals surface area contributed by atoms with Crippen LogP contribution in [0.25, 0.3) is 0 Å². The van der Waals surface area contributed by atoms with E-state index in [0.29, 0.717) is 5.92 Å². The molecule has 3 N–H and O–H groups in total. The molecule has 4 nitrogen and oxygen atoms in total. The molecule has 126 valence electrons. The van der Waals surface area contributed by atoms with Crippen molar-refractivity contribution >= 4 is 42.1 Å². The van der Waals surface area contributed by atoms with Crippen LogP contribution in [0.1, 0.15) is 30.6 Å². The van der Waals surface area contributed by atoms with Crippen LogP contribution in [0.3, 0.4) is 0 Å². The fraction of sp³-hybridized carbons (Fsp3) is 0.667. The molecule has 1 saturated carbocycles. The fourth-order valence-corrected chi connectivity index (χ4v) is 3.61. The van der Waals surface area contributed by atoms with E-state index in [0.717, 1.165) is 32.5 Å². The van der Waals surface area contributed by atoms with Crippen LogP contribution in [-0.4, -0.2) is 36.0 Å². The van der Waals surface area contributed by atoms with E-state index in [1.165, 1.54) is 24.3 Å². The van der Waals surface area contributed by atoms with Crippen molar-refractivity contribution in [3.63, 3.8) is 0 Å². The molecule has 1 atom stereocenters. The number of rotatable bonds is 5. The number of hydrogen-bond donors (Lipinski definition) is 2. The Morgan fingerprint density at radius 2 is 2.23 bits per heavy atom. The van der Waals surface area contributed by atoms with Gasteiger partial charge in [0.15, 0.2) is 0 Å². The summed E-state index contributed by atoms with van der Waals surface area (Å²) < 4.78 is 0. The highest BCUT2D eigenvalue weighted by Crippen LogP contribution is 2.32. The number of thiophene rings is 1. The van der Waals surface area contributed by atoms with E-state index < -0.39 is 5.54 Å². The Bertz CT molecular complexity index is 465. The van der Waals surface area contributed by atoms with Crippen LogP contribution in [-0.2, 0) is 11.3 Å². The predicted molar refractivity (Wildman–Crippen MR) is 96.0 cm³/mol. The lowest BCUT2D eigenvalue weighted by Crippen LogP contribution is -2.46. The van der Waals surface area contributed by atoms with Crippen molar-refractivity contribution in [3.8, 4) is 0 Å². The second-order valence-electron chi connectivity index (χ2n) is 6.19. The van der Waals surface area contributed by atoms with Gasteiger partial charge in [0.05, 0.1) is 5.54 Å². The van der Waals surface area contributed by atoms with Gasteiger partial charge in [0.2, 0.25) is 5.91 Å². The lowest BCUT2D eigenvalue weighted by Gasteiger charge is -2.32. The highest BCUT2D eigenvalue weighted by Gasteiger charge is 2.45. The fourth-order valence-electron chi connectivity index (χ4n) is 2.86. The van der Waals surface area contributed by atoms with Gasteiger partial charge in [0.1, 0.15) is 0 Å². The number of hydrogen-bond acceptors (Lipinski definition) is 4. The van der Waals surface area contributed by atoms with Crippen molar-refractivity contribution in [2.24, 2.45) is 11.7 Å². The molecule has 2 heterocycles. The van der Waals surface area contributed by atoms with Gasteiger partial charge in [-0.3, -0.25) is 9.69 Å². The summed E-state index contributed by atoms with van der Waals surface area (Å²) in [6.45, 7) is 4.07. The first-order valence-corrected chi connectivity index (χ1v) is 8.36. The quantitative estimate of drug-likeness (QED) is 0.842. The number of likely N-dealkylation sites (tertiary alicyclic amines) is 1. The molecule has 0 aromatic carbocycles. The summed E-state index contributed by atoms with van der Waals surface area (Å²) in [4.78, 5) is 15.8. The largest absolute Gasteiger partial charge is 0.354 e. The molecule has 0 bridgehead atoms. The number of nitrogens with zero attached hydrogens (tertiary/aromatic N) is 1. The first kappa shape index (κ1) is 19.7. The Morgan fingerprint density at radius 3 is 2.86 bits per heavy atom. The molecule has 22 heavy (non-hydrogen) atoms. The normalized spacial score (nSPS) is 23.0. The van der Waals surface area contributed by atoms with Crippen LogP contribution in [0.5, 0.6) is 0 Å². The van der Waals surface area contributed by atoms with Crippen molar-refractivity contribution in [1.82, 2.24) is 10.2 Å². The number of piperidine rings is 1. The summed E-state index contributed by atoms with van der Waals surface area (Å²) in [5.41, 5.74) is 5.37. The van der Waals surface area contributed by atoms with Gasteiger partial charge >= 0.3 is 0 Å². The highest BCUT2D eigenvalue weighted by molar-refractivity contribution is 7.09. The van der Waals surface area contributed by atoms with Crippen LogP contribution in [0.2, 0.25) is 0 Å². The second-order valence-corrected chi connectivity index (χ2v) is 7.22. The number of nitrogens with two attached hydrogens (primary N) is 1. The van der Waals surface area contributed by atoms with Gasteiger partial charge in [-0.05, 0) is 49.6 Å². The van der Waals surface area contributed by atoms with E-state index in [2.05, 4.69) is 27.7 Å². The average Bonchev–Trinajstić information content (AvgIpc) is 3.00. The van der Waals surface area contributed by atoms with Crippen LogP contribution >= 0.6 is 36.2 Å². The Balaban J connectivity index is 0.00000121. The number of halogens is 2. The third-order valence-corrected chi connectivity index (χ3v) is 5.22. The maximum Gasteiger partial charge on any atom is 0.240 e. The smallest absolute Gasteiger partial charge is 0.240 e. The van der Waals surface area contributed by atoms with Gasteiger partial charge in [-0.15, -0.1) is 36.2 Å². The zero-order valence-electron chi connectivity index (χ0n) is 12.6. The van der Waals surface area contributed by atoms with E-state index in [1.54, 1.807) is 0 Å². The molecule has 0 radical (unpaired) electrons. The molecule has 0 spiro atoms. The Hall–Kier alpha value is -0.330. The molecule has 2 fully saturated rings. The van der Waals surface area contributed by atoms with Gasteiger partial charge in [-0.25, -0.2) is 0 Å². The third kappa shape index (κ3) is 5.10. The summed E-state index contributed by atoms with van der Waals surface area (Å²) in [5, 5.41) is 5.18. The van der Waals surface area contributed by atoms with Gasteiger partial charge < -0.3 is 11.1 Å². The minimum absolute atomic E-state index is 0. The van der Waals surface area contributed by atoms with Crippen molar-refractivity contribution in [3.05, 3.63) is 22.4 Å². The lowest BCUT2D eigenvalue weighted by molar-refractivity contribution is -0.123. The zero-order chi connectivity index (χ0) is 14.0. The minimum Gasteiger partial charge on any atom is -0.354 e. The summed E-state index contributed by atoms with van der Waals surface area (Å²) >= 11 is 1.82. The Kier molecular flexibility index (Phi) is 7.62. The molecule has 1 aromatic rings. The first-order chi connectivity index (χ1) is 9.66. The maximum atomic E-state index is 11.9. The molecule has 1 unspecified atom stereocenters. The van der Waals surface area contributed by atoms with Crippen molar-refractivity contribution in [2.75, 3.05) is 19.6 Å². The van der Waals surface area contributed by atoms with Gasteiger partial charge in [-0.2, -0.15) is 0 Å². The second kappa shape index (κ2) is 8.50. The number of carbonyl (C=O) groups excluding carboxylic acids is 1. The summed E-state index contributed by atoms with van der Waals surface area (Å²) in [6.07, 6.45) is 4.11. The molecule has 7 heteroatoms. The Labute approximate surface area is 148 Å². The van der Waals surface area contributed by atoms with E-state index in [-0.39, 0.29) is 30.7 Å². The summed E-state index contributed by atoms with van der Waals surface area (Å²) in [5.74, 6) is 0.614. The molecule has 1 amide bonds. The van der Waals surface area contributed by atoms with Crippen LogP contribution in [0, 0.1) is 5.92 Å². The molecule has 1 saturated heterocycles. The average molecular weight is 366 g/mol. The predicted octanol–water partition coefficient (Wildman–Crippen LogP) is 2.41. The topological polar surface area (TPSA) is 58.4 Å². The standard InChI is InChI=1S/C15H23N3OS.2ClH/c16-15(5-6-15)14(19)17-9-12-3-1-7-18(10-12)11-13-4-2-8-20-13;;/h2,4,8,12H,1,3,5-7,9-11,16H2,(H,17,19);2*1H. The van der Waals surface area contributed by atoms with E-state index in [1.807, 2.05) is 11.3 Å². The first-order valence-electron chi connectivity index (χ1n) is 7.48. The molecule has 2 aliphatic rings. The SMILES string of the molecule is Cl.Cl.NC1(C(=O)NCC2CCCN(Cc3cccs3)C2)CC1. The van der Waals surface area contributed by atoms with Gasteiger partial charge in [-0.1, -0.05) is 6.07 Å². The van der Waals surface area contributed by atoms with Crippen LogP contribution in [0.4, 0.5) is 0 Å². The Morgan fingerprint density at radius 1 is 1.45 bits per heavy atom. The van der Waals surface area contributed by atoms with Crippen LogP contribution in [0.15, 0.2) is 17.5 Å². The van der Waals surface area contributed by atoms with Gasteiger partial charge in [0, 0.05) is 24.5 Å². The monoisotopic (exact) mass is 365 g/mol. The van der Waals surface area contributed by atoms with Crippen molar-refractivity contribution < 1.29 is 4.79 Å². The zero-order valence-corrected chi connectivity index (χ0v) is 15.1. The molecule has 1 aliphatic heterocycles. The number of amides is 1. The van der Waals surface area contributed by atoms with E-state index >= 15 is 0 Å². The molecule has 3 rings (SSSR count). The van der Waals surface area contributed by atoms with Gasteiger partial charge in [0.25, 0.3) is 0 Å². The lowest BCUT2D eigenvalue weighted by atomic mass is 9.97. The van der Waals surface area contributed by atoms with Crippen molar-refractivity contribution in [2.45, 2.75) is 37.8 Å². The summed E-state index contributed by atoms with van der Waals surface area (Å²) in [7, 11) is 0. The third-order valence-electron chi connectivity index (χ3n) is 4.35. The molecular weight excluding hydrogens is 341 g/mol. The van der Waals surface area contributed by atoms with E-state index in [4.69, 9.17) is 5.73 Å². The number of carbonyl (C=O) groups is 1. The maximum absolute atomic E-state index is 11.9. The van der Waals surface area contributed by atoms with Crippen molar-refractivity contribution in [1.29, 1.82) is 0 Å². The molecule has 1 aliphatic carbocycles. The highest BCUT2D eigenvalue weighted by atomic mass is 35.5.